The van der Waals surface area contributed by atoms with Gasteiger partial charge in [-0.15, -0.1) is 0 Å². The van der Waals surface area contributed by atoms with Gasteiger partial charge in [0.25, 0.3) is 0 Å². The van der Waals surface area contributed by atoms with Gasteiger partial charge in [0.05, 0.1) is 23.9 Å². The fraction of sp³-hybridized carbons (Fsp3) is 0.240. The van der Waals surface area contributed by atoms with Gasteiger partial charge in [-0.2, -0.15) is 5.10 Å². The summed E-state index contributed by atoms with van der Waals surface area (Å²) in [7, 11) is -2.19. The highest BCUT2D eigenvalue weighted by molar-refractivity contribution is 7.89. The van der Waals surface area contributed by atoms with Crippen molar-refractivity contribution in [2.24, 2.45) is 10.6 Å². The number of nitrogens with two attached hydrogens (primary N) is 1. The van der Waals surface area contributed by atoms with Crippen molar-refractivity contribution in [3.8, 4) is 34.5 Å². The van der Waals surface area contributed by atoms with E-state index in [0.717, 1.165) is 12.2 Å². The monoisotopic (exact) mass is 491 g/mol. The zero-order chi connectivity index (χ0) is 24.8. The van der Waals surface area contributed by atoms with Crippen molar-refractivity contribution in [2.75, 3.05) is 7.11 Å². The molecule has 1 atom stereocenters. The molecule has 0 radical (unpaired) electrons. The van der Waals surface area contributed by atoms with Gasteiger partial charge >= 0.3 is 0 Å². The first kappa shape index (κ1) is 23.0. The lowest BCUT2D eigenvalue weighted by Crippen LogP contribution is -2.12. The van der Waals surface area contributed by atoms with E-state index in [2.05, 4.69) is 18.8 Å². The SMILES string of the molecule is COc1cccc(Oc2ccc(-c3nc(C4CC4(C)C)nn3-c3ccc(S(N)(=O)=O)cc3)nc2)c1. The molecule has 1 aliphatic carbocycles. The van der Waals surface area contributed by atoms with Crippen molar-refractivity contribution >= 4 is 10.0 Å². The Balaban J connectivity index is 1.48. The van der Waals surface area contributed by atoms with E-state index >= 15 is 0 Å². The van der Waals surface area contributed by atoms with Crippen LogP contribution in [0.15, 0.2) is 71.8 Å². The van der Waals surface area contributed by atoms with Crippen molar-refractivity contribution in [1.82, 2.24) is 19.7 Å². The number of nitrogens with zero attached hydrogens (tertiary/aromatic N) is 4. The van der Waals surface area contributed by atoms with E-state index in [1.54, 1.807) is 36.2 Å². The molecule has 1 unspecified atom stereocenters. The van der Waals surface area contributed by atoms with Crippen LogP contribution >= 0.6 is 0 Å². The van der Waals surface area contributed by atoms with Gasteiger partial charge in [0, 0.05) is 12.0 Å². The van der Waals surface area contributed by atoms with Gasteiger partial charge in [0.15, 0.2) is 11.6 Å². The number of ether oxygens (including phenoxy) is 2. The minimum Gasteiger partial charge on any atom is -0.497 e. The lowest BCUT2D eigenvalue weighted by Gasteiger charge is -2.09. The largest absolute Gasteiger partial charge is 0.497 e. The van der Waals surface area contributed by atoms with Gasteiger partial charge < -0.3 is 9.47 Å². The number of aromatic nitrogens is 4. The van der Waals surface area contributed by atoms with E-state index < -0.39 is 10.0 Å². The molecular weight excluding hydrogens is 466 g/mol. The number of hydrogen-bond acceptors (Lipinski definition) is 7. The molecule has 0 spiro atoms. The van der Waals surface area contributed by atoms with Crippen molar-refractivity contribution in [2.45, 2.75) is 31.1 Å². The normalized spacial score (nSPS) is 16.6. The predicted molar refractivity (Wildman–Crippen MR) is 130 cm³/mol. The number of sulfonamides is 1. The summed E-state index contributed by atoms with van der Waals surface area (Å²) in [6.07, 6.45) is 2.63. The Kier molecular flexibility index (Phi) is 5.57. The lowest BCUT2D eigenvalue weighted by molar-refractivity contribution is 0.409. The van der Waals surface area contributed by atoms with Crippen LogP contribution in [0.5, 0.6) is 17.2 Å². The molecule has 2 aromatic heterocycles. The molecule has 4 aromatic rings. The second-order valence-corrected chi connectivity index (χ2v) is 10.7. The molecule has 2 N–H and O–H groups in total. The molecule has 2 heterocycles. The molecule has 1 aliphatic rings. The number of benzene rings is 2. The van der Waals surface area contributed by atoms with Gasteiger partial charge in [0.1, 0.15) is 22.9 Å². The molecule has 0 aliphatic heterocycles. The van der Waals surface area contributed by atoms with E-state index in [-0.39, 0.29) is 16.2 Å². The first-order valence-corrected chi connectivity index (χ1v) is 12.6. The Morgan fingerprint density at radius 3 is 2.34 bits per heavy atom. The molecule has 10 heteroatoms. The highest BCUT2D eigenvalue weighted by Gasteiger charge is 2.49. The van der Waals surface area contributed by atoms with Crippen LogP contribution in [0.3, 0.4) is 0 Å². The van der Waals surface area contributed by atoms with Gasteiger partial charge in [-0.3, -0.25) is 0 Å². The predicted octanol–water partition coefficient (Wildman–Crippen LogP) is 4.29. The molecule has 1 saturated carbocycles. The van der Waals surface area contributed by atoms with Crippen molar-refractivity contribution in [3.05, 3.63) is 72.7 Å². The zero-order valence-electron chi connectivity index (χ0n) is 19.5. The van der Waals surface area contributed by atoms with E-state index in [0.29, 0.717) is 34.5 Å². The maximum absolute atomic E-state index is 11.7. The van der Waals surface area contributed by atoms with Crippen LogP contribution in [-0.2, 0) is 10.0 Å². The van der Waals surface area contributed by atoms with Crippen LogP contribution in [0.1, 0.15) is 32.0 Å². The molecule has 0 amide bonds. The van der Waals surface area contributed by atoms with Gasteiger partial charge in [-0.25, -0.2) is 28.2 Å². The Hall–Kier alpha value is -3.76. The summed E-state index contributed by atoms with van der Waals surface area (Å²) in [5, 5.41) is 10.00. The number of hydrogen-bond donors (Lipinski definition) is 1. The lowest BCUT2D eigenvalue weighted by atomic mass is 10.1. The molecule has 0 bridgehead atoms. The summed E-state index contributed by atoms with van der Waals surface area (Å²) in [6.45, 7) is 4.36. The molecule has 5 rings (SSSR count). The topological polar surface area (TPSA) is 122 Å². The second kappa shape index (κ2) is 8.47. The minimum absolute atomic E-state index is 0.0311. The summed E-state index contributed by atoms with van der Waals surface area (Å²) in [5.74, 6) is 3.44. The fourth-order valence-electron chi connectivity index (χ4n) is 3.88. The highest BCUT2D eigenvalue weighted by Crippen LogP contribution is 2.57. The number of rotatable bonds is 7. The molecule has 2 aromatic carbocycles. The zero-order valence-corrected chi connectivity index (χ0v) is 20.4. The maximum atomic E-state index is 11.7. The molecular formula is C25H25N5O4S. The van der Waals surface area contributed by atoms with Crippen LogP contribution < -0.4 is 14.6 Å². The Morgan fingerprint density at radius 1 is 1.03 bits per heavy atom. The number of primary sulfonamides is 1. The van der Waals surface area contributed by atoms with E-state index in [1.807, 2.05) is 30.3 Å². The van der Waals surface area contributed by atoms with Crippen LogP contribution in [0.25, 0.3) is 17.2 Å². The van der Waals surface area contributed by atoms with Crippen molar-refractivity contribution in [3.63, 3.8) is 0 Å². The maximum Gasteiger partial charge on any atom is 0.238 e. The van der Waals surface area contributed by atoms with Crippen molar-refractivity contribution < 1.29 is 17.9 Å². The van der Waals surface area contributed by atoms with Gasteiger partial charge in [-0.05, 0) is 60.4 Å². The quantitative estimate of drug-likeness (QED) is 0.409. The van der Waals surface area contributed by atoms with E-state index in [1.165, 1.54) is 12.1 Å². The van der Waals surface area contributed by atoms with Gasteiger partial charge in [-0.1, -0.05) is 19.9 Å². The third-order valence-corrected chi connectivity index (χ3v) is 7.03. The fourth-order valence-corrected chi connectivity index (χ4v) is 4.40. The average Bonchev–Trinajstić information content (AvgIpc) is 3.26. The molecule has 180 valence electrons. The summed E-state index contributed by atoms with van der Waals surface area (Å²) >= 11 is 0. The van der Waals surface area contributed by atoms with Gasteiger partial charge in [0.2, 0.25) is 10.0 Å². The molecule has 0 saturated heterocycles. The van der Waals surface area contributed by atoms with E-state index in [4.69, 9.17) is 24.7 Å². The Labute approximate surface area is 203 Å². The number of methoxy groups -OCH3 is 1. The highest BCUT2D eigenvalue weighted by atomic mass is 32.2. The van der Waals surface area contributed by atoms with Crippen LogP contribution in [-0.4, -0.2) is 35.3 Å². The summed E-state index contributed by atoms with van der Waals surface area (Å²) in [4.78, 5) is 9.41. The van der Waals surface area contributed by atoms with Crippen LogP contribution in [0.2, 0.25) is 0 Å². The number of pyridine rings is 1. The molecule has 35 heavy (non-hydrogen) atoms. The average molecular weight is 492 g/mol. The van der Waals surface area contributed by atoms with E-state index in [9.17, 15) is 8.42 Å². The van der Waals surface area contributed by atoms with Crippen molar-refractivity contribution in [1.29, 1.82) is 0 Å². The first-order valence-electron chi connectivity index (χ1n) is 11.0. The third kappa shape index (κ3) is 4.75. The minimum atomic E-state index is -3.79. The Morgan fingerprint density at radius 2 is 1.74 bits per heavy atom. The Bertz CT molecular complexity index is 1480. The summed E-state index contributed by atoms with van der Waals surface area (Å²) < 4.78 is 36.1. The first-order chi connectivity index (χ1) is 16.6. The summed E-state index contributed by atoms with van der Waals surface area (Å²) in [5.41, 5.74) is 1.40. The molecule has 9 nitrogen and oxygen atoms in total. The summed E-state index contributed by atoms with van der Waals surface area (Å²) in [6, 6.07) is 17.2. The smallest absolute Gasteiger partial charge is 0.238 e. The second-order valence-electron chi connectivity index (χ2n) is 9.15. The van der Waals surface area contributed by atoms with Crippen LogP contribution in [0.4, 0.5) is 0 Å². The third-order valence-electron chi connectivity index (χ3n) is 6.10. The standard InChI is InChI=1S/C25H25N5O4S/c1-25(2)14-21(25)23-28-24(30(29-23)16-7-10-20(11-8-16)35(26,31)32)22-12-9-19(15-27-22)34-18-6-4-5-17(13-18)33-3/h4-13,15,21H,14H2,1-3H3,(H2,26,31,32). The molecule has 1 fully saturated rings. The van der Waals surface area contributed by atoms with Crippen LogP contribution in [0, 0.1) is 5.41 Å².